The van der Waals surface area contributed by atoms with Crippen molar-refractivity contribution in [1.29, 1.82) is 0 Å². The van der Waals surface area contributed by atoms with Gasteiger partial charge in [0.25, 0.3) is 0 Å². The lowest BCUT2D eigenvalue weighted by Gasteiger charge is -2.39. The number of hydrogen-bond acceptors (Lipinski definition) is 2. The van der Waals surface area contributed by atoms with Crippen LogP contribution < -0.4 is 5.32 Å². The Hall–Kier alpha value is -0.860. The van der Waals surface area contributed by atoms with Crippen molar-refractivity contribution < 1.29 is 0 Å². The Balaban J connectivity index is 1.99. The Morgan fingerprint density at radius 3 is 2.40 bits per heavy atom. The zero-order valence-electron chi connectivity index (χ0n) is 13.5. The van der Waals surface area contributed by atoms with Crippen molar-refractivity contribution in [3.63, 3.8) is 0 Å². The molecule has 20 heavy (non-hydrogen) atoms. The molecule has 0 bridgehead atoms. The number of nitrogens with zero attached hydrogens (tertiary/aromatic N) is 1. The molecule has 1 fully saturated rings. The second-order valence-electron chi connectivity index (χ2n) is 7.11. The van der Waals surface area contributed by atoms with Gasteiger partial charge in [0.1, 0.15) is 0 Å². The molecule has 0 aliphatic heterocycles. The van der Waals surface area contributed by atoms with Gasteiger partial charge in [-0.25, -0.2) is 0 Å². The number of benzene rings is 1. The molecule has 1 aromatic carbocycles. The van der Waals surface area contributed by atoms with Crippen LogP contribution in [-0.4, -0.2) is 32.1 Å². The monoisotopic (exact) mass is 274 g/mol. The molecule has 0 amide bonds. The summed E-state index contributed by atoms with van der Waals surface area (Å²) in [5, 5.41) is 3.52. The molecule has 2 heteroatoms. The fourth-order valence-corrected chi connectivity index (χ4v) is 3.62. The number of nitrogens with one attached hydrogen (secondary N) is 1. The van der Waals surface area contributed by atoms with E-state index in [1.54, 1.807) is 0 Å². The van der Waals surface area contributed by atoms with Gasteiger partial charge in [0.15, 0.2) is 0 Å². The molecule has 0 aromatic heterocycles. The van der Waals surface area contributed by atoms with Gasteiger partial charge in [0, 0.05) is 19.1 Å². The fraction of sp³-hybridized carbons (Fsp3) is 0.667. The maximum Gasteiger partial charge on any atom is 0.0381 e. The third kappa shape index (κ3) is 3.83. The van der Waals surface area contributed by atoms with Crippen LogP contribution in [0.15, 0.2) is 30.3 Å². The second-order valence-corrected chi connectivity index (χ2v) is 7.11. The normalized spacial score (nSPS) is 18.1. The van der Waals surface area contributed by atoms with Crippen molar-refractivity contribution in [1.82, 2.24) is 10.2 Å². The number of rotatable bonds is 7. The van der Waals surface area contributed by atoms with Crippen LogP contribution in [0.5, 0.6) is 0 Å². The molecule has 0 saturated heterocycles. The highest BCUT2D eigenvalue weighted by Crippen LogP contribution is 2.34. The van der Waals surface area contributed by atoms with E-state index in [4.69, 9.17) is 0 Å². The quantitative estimate of drug-likeness (QED) is 0.815. The molecule has 1 aromatic rings. The van der Waals surface area contributed by atoms with Crippen molar-refractivity contribution in [3.8, 4) is 0 Å². The summed E-state index contributed by atoms with van der Waals surface area (Å²) in [6, 6.07) is 11.2. The van der Waals surface area contributed by atoms with E-state index in [0.29, 0.717) is 6.04 Å². The lowest BCUT2D eigenvalue weighted by Crippen LogP contribution is -2.42. The lowest BCUT2D eigenvalue weighted by atomic mass is 9.79. The summed E-state index contributed by atoms with van der Waals surface area (Å²) < 4.78 is 0. The van der Waals surface area contributed by atoms with Gasteiger partial charge in [-0.1, -0.05) is 50.6 Å². The Morgan fingerprint density at radius 2 is 1.90 bits per heavy atom. The molecule has 1 atom stereocenters. The van der Waals surface area contributed by atoms with Gasteiger partial charge in [-0.15, -0.1) is 0 Å². The Bertz CT molecular complexity index is 395. The summed E-state index contributed by atoms with van der Waals surface area (Å²) in [4.78, 5) is 2.52. The summed E-state index contributed by atoms with van der Waals surface area (Å²) in [6.45, 7) is 7.13. The molecule has 1 aliphatic rings. The third-order valence-corrected chi connectivity index (χ3v) is 4.68. The zero-order chi connectivity index (χ0) is 14.6. The van der Waals surface area contributed by atoms with Gasteiger partial charge in [-0.05, 0) is 43.8 Å². The SMILES string of the molecule is CNC(c1ccccc1)C(C)(C)CN(C)CC1CCC1. The van der Waals surface area contributed by atoms with E-state index in [-0.39, 0.29) is 5.41 Å². The van der Waals surface area contributed by atoms with Crippen LogP contribution in [0.3, 0.4) is 0 Å². The number of hydrogen-bond donors (Lipinski definition) is 1. The molecule has 1 saturated carbocycles. The summed E-state index contributed by atoms with van der Waals surface area (Å²) in [6.07, 6.45) is 4.29. The molecule has 2 rings (SSSR count). The largest absolute Gasteiger partial charge is 0.313 e. The van der Waals surface area contributed by atoms with Crippen molar-refractivity contribution in [2.45, 2.75) is 39.2 Å². The van der Waals surface area contributed by atoms with E-state index in [1.165, 1.54) is 31.4 Å². The molecule has 2 nitrogen and oxygen atoms in total. The van der Waals surface area contributed by atoms with Crippen molar-refractivity contribution in [2.75, 3.05) is 27.2 Å². The minimum Gasteiger partial charge on any atom is -0.313 e. The van der Waals surface area contributed by atoms with Gasteiger partial charge >= 0.3 is 0 Å². The first-order valence-electron chi connectivity index (χ1n) is 7.93. The highest BCUT2D eigenvalue weighted by atomic mass is 15.1. The van der Waals surface area contributed by atoms with Crippen LogP contribution in [0.1, 0.15) is 44.7 Å². The van der Waals surface area contributed by atoms with Crippen molar-refractivity contribution in [3.05, 3.63) is 35.9 Å². The van der Waals surface area contributed by atoms with E-state index in [2.05, 4.69) is 68.5 Å². The van der Waals surface area contributed by atoms with E-state index in [9.17, 15) is 0 Å². The summed E-state index contributed by atoms with van der Waals surface area (Å²) in [5.41, 5.74) is 1.60. The maximum atomic E-state index is 3.52. The van der Waals surface area contributed by atoms with Crippen LogP contribution >= 0.6 is 0 Å². The minimum absolute atomic E-state index is 0.217. The first-order chi connectivity index (χ1) is 9.53. The molecule has 1 unspecified atom stereocenters. The average Bonchev–Trinajstić information content (AvgIpc) is 2.35. The summed E-state index contributed by atoms with van der Waals surface area (Å²) >= 11 is 0. The Kier molecular flexibility index (Phi) is 5.22. The second kappa shape index (κ2) is 6.73. The highest BCUT2D eigenvalue weighted by Gasteiger charge is 2.31. The molecule has 0 radical (unpaired) electrons. The molecule has 0 heterocycles. The first kappa shape index (κ1) is 15.5. The van der Waals surface area contributed by atoms with Gasteiger partial charge in [-0.2, -0.15) is 0 Å². The van der Waals surface area contributed by atoms with Crippen molar-refractivity contribution in [2.24, 2.45) is 11.3 Å². The maximum absolute atomic E-state index is 3.52. The molecule has 1 N–H and O–H groups in total. The van der Waals surface area contributed by atoms with Crippen LogP contribution in [-0.2, 0) is 0 Å². The standard InChI is InChI=1S/C18H30N2/c1-18(2,14-20(4)13-15-9-8-10-15)17(19-3)16-11-6-5-7-12-16/h5-7,11-12,15,17,19H,8-10,13-14H2,1-4H3. The molecule has 0 spiro atoms. The Labute approximate surface area is 124 Å². The zero-order valence-corrected chi connectivity index (χ0v) is 13.5. The smallest absolute Gasteiger partial charge is 0.0381 e. The fourth-order valence-electron chi connectivity index (χ4n) is 3.62. The Morgan fingerprint density at radius 1 is 1.25 bits per heavy atom. The van der Waals surface area contributed by atoms with Gasteiger partial charge in [0.2, 0.25) is 0 Å². The minimum atomic E-state index is 0.217. The van der Waals surface area contributed by atoms with E-state index < -0.39 is 0 Å². The lowest BCUT2D eigenvalue weighted by molar-refractivity contribution is 0.127. The predicted molar refractivity (Wildman–Crippen MR) is 86.9 cm³/mol. The van der Waals surface area contributed by atoms with E-state index in [1.807, 2.05) is 0 Å². The predicted octanol–water partition coefficient (Wildman–Crippen LogP) is 3.71. The third-order valence-electron chi connectivity index (χ3n) is 4.68. The molecule has 112 valence electrons. The average molecular weight is 274 g/mol. The summed E-state index contributed by atoms with van der Waals surface area (Å²) in [7, 11) is 4.35. The van der Waals surface area contributed by atoms with Crippen molar-refractivity contribution >= 4 is 0 Å². The van der Waals surface area contributed by atoms with Crippen LogP contribution in [0, 0.1) is 11.3 Å². The van der Waals surface area contributed by atoms with Crippen LogP contribution in [0.2, 0.25) is 0 Å². The highest BCUT2D eigenvalue weighted by molar-refractivity contribution is 5.21. The van der Waals surface area contributed by atoms with Gasteiger partial charge in [-0.3, -0.25) is 0 Å². The molecular formula is C18H30N2. The van der Waals surface area contributed by atoms with E-state index in [0.717, 1.165) is 12.5 Å². The summed E-state index contributed by atoms with van der Waals surface area (Å²) in [5.74, 6) is 0.945. The van der Waals surface area contributed by atoms with Gasteiger partial charge < -0.3 is 10.2 Å². The first-order valence-corrected chi connectivity index (χ1v) is 7.93. The molecular weight excluding hydrogens is 244 g/mol. The van der Waals surface area contributed by atoms with E-state index >= 15 is 0 Å². The molecule has 1 aliphatic carbocycles. The van der Waals surface area contributed by atoms with Crippen LogP contribution in [0.25, 0.3) is 0 Å². The van der Waals surface area contributed by atoms with Gasteiger partial charge in [0.05, 0.1) is 0 Å². The topological polar surface area (TPSA) is 15.3 Å². The van der Waals surface area contributed by atoms with Crippen LogP contribution in [0.4, 0.5) is 0 Å².